The van der Waals surface area contributed by atoms with Crippen LogP contribution in [-0.4, -0.2) is 51.3 Å². The minimum Gasteiger partial charge on any atom is -0.379 e. The summed E-state index contributed by atoms with van der Waals surface area (Å²) in [6.07, 6.45) is 6.05. The van der Waals surface area contributed by atoms with E-state index in [1.54, 1.807) is 24.2 Å². The van der Waals surface area contributed by atoms with Crippen LogP contribution in [0.5, 0.6) is 0 Å². The van der Waals surface area contributed by atoms with Crippen molar-refractivity contribution in [2.75, 3.05) is 26.8 Å². The molecule has 0 aliphatic carbocycles. The summed E-state index contributed by atoms with van der Waals surface area (Å²) in [6, 6.07) is 5.37. The van der Waals surface area contributed by atoms with Gasteiger partial charge in [0.2, 0.25) is 6.41 Å². The predicted molar refractivity (Wildman–Crippen MR) is 116 cm³/mol. The Morgan fingerprint density at radius 3 is 2.41 bits per heavy atom. The molecule has 0 fully saturated rings. The van der Waals surface area contributed by atoms with E-state index >= 15 is 0 Å². The smallest absolute Gasteiger partial charge is 0.221 e. The van der Waals surface area contributed by atoms with Gasteiger partial charge < -0.3 is 15.3 Å². The minimum absolute atomic E-state index is 0.390. The van der Waals surface area contributed by atoms with E-state index in [4.69, 9.17) is 15.3 Å². The molecular formula is C22H35N3O4. The Labute approximate surface area is 174 Å². The van der Waals surface area contributed by atoms with Crippen molar-refractivity contribution >= 4 is 19.5 Å². The molecule has 0 spiro atoms. The second kappa shape index (κ2) is 21.8. The monoisotopic (exact) mass is 405 g/mol. The highest BCUT2D eigenvalue weighted by molar-refractivity contribution is 5.78. The molecule has 7 heteroatoms. The quantitative estimate of drug-likeness (QED) is 0.254. The van der Waals surface area contributed by atoms with Gasteiger partial charge in [-0.05, 0) is 11.6 Å². The first kappa shape index (κ1) is 28.7. The van der Waals surface area contributed by atoms with Crippen LogP contribution in [-0.2, 0) is 20.9 Å². The van der Waals surface area contributed by atoms with Crippen LogP contribution in [0.2, 0.25) is 0 Å². The largest absolute Gasteiger partial charge is 0.379 e. The number of benzene rings is 1. The highest BCUT2D eigenvalue weighted by Crippen LogP contribution is 2.14. The number of hydrogen-bond acceptors (Lipinski definition) is 6. The highest BCUT2D eigenvalue weighted by Gasteiger charge is 2.09. The first-order valence-electron chi connectivity index (χ1n) is 9.68. The van der Waals surface area contributed by atoms with Gasteiger partial charge in [0.15, 0.2) is 0 Å². The van der Waals surface area contributed by atoms with Gasteiger partial charge in [0.1, 0.15) is 13.1 Å². The Kier molecular flexibility index (Phi) is 21.5. The average Bonchev–Trinajstić information content (AvgIpc) is 2.74. The van der Waals surface area contributed by atoms with Crippen molar-refractivity contribution in [2.45, 2.75) is 46.1 Å². The normalized spacial score (nSPS) is 9.14. The van der Waals surface area contributed by atoms with Crippen molar-refractivity contribution < 1.29 is 19.1 Å². The number of unbranched alkanes of at least 4 members (excludes halogenated alkanes) is 2. The third kappa shape index (κ3) is 15.1. The van der Waals surface area contributed by atoms with Crippen LogP contribution in [0, 0.1) is 11.8 Å². The molecule has 0 aliphatic heterocycles. The molecule has 29 heavy (non-hydrogen) atoms. The van der Waals surface area contributed by atoms with Crippen LogP contribution < -0.4 is 11.2 Å². The Morgan fingerprint density at radius 2 is 1.90 bits per heavy atom. The van der Waals surface area contributed by atoms with Gasteiger partial charge in [0.05, 0.1) is 13.2 Å². The van der Waals surface area contributed by atoms with Gasteiger partial charge in [0.25, 0.3) is 0 Å². The third-order valence-corrected chi connectivity index (χ3v) is 3.57. The molecule has 0 bridgehead atoms. The number of nitrogens with one attached hydrogen (secondary N) is 1. The SMILES string of the molecule is C=O.CCCCC.CN(Cc1c(C#CCCOCCN)cccc1C=O)NC=O. The van der Waals surface area contributed by atoms with Crippen LogP contribution in [0.25, 0.3) is 0 Å². The van der Waals surface area contributed by atoms with Gasteiger partial charge in [-0.15, -0.1) is 0 Å². The topological polar surface area (TPSA) is 102 Å². The van der Waals surface area contributed by atoms with E-state index in [1.165, 1.54) is 19.3 Å². The van der Waals surface area contributed by atoms with Crippen molar-refractivity contribution in [2.24, 2.45) is 5.73 Å². The van der Waals surface area contributed by atoms with Gasteiger partial charge in [-0.1, -0.05) is 57.1 Å². The number of aldehydes is 1. The lowest BCUT2D eigenvalue weighted by Crippen LogP contribution is -2.33. The number of hydrazine groups is 1. The maximum absolute atomic E-state index is 11.2. The van der Waals surface area contributed by atoms with Crippen LogP contribution in [0.4, 0.5) is 0 Å². The molecule has 0 heterocycles. The number of carbonyl (C=O) groups is 3. The fraction of sp³-hybridized carbons (Fsp3) is 0.500. The molecule has 0 aliphatic rings. The zero-order valence-corrected chi connectivity index (χ0v) is 17.9. The molecule has 1 rings (SSSR count). The standard InChI is InChI=1S/C16H21N3O3.C5H12.CH2O/c1-19(18-13-21)11-16-14(6-4-7-15(16)12-20)5-2-3-9-22-10-8-17;1-3-5-4-2;1-2/h4,6-7,12-13H,3,8-11,17H2,1H3,(H,18,21);3-5H2,1-2H3;1H2. The highest BCUT2D eigenvalue weighted by atomic mass is 16.5. The van der Waals surface area contributed by atoms with E-state index in [0.717, 1.165) is 17.4 Å². The van der Waals surface area contributed by atoms with E-state index in [0.29, 0.717) is 44.7 Å². The van der Waals surface area contributed by atoms with Crippen LogP contribution in [0.15, 0.2) is 18.2 Å². The summed E-state index contributed by atoms with van der Waals surface area (Å²) >= 11 is 0. The summed E-state index contributed by atoms with van der Waals surface area (Å²) in [7, 11) is 1.72. The van der Waals surface area contributed by atoms with E-state index < -0.39 is 0 Å². The molecule has 0 saturated carbocycles. The number of amides is 1. The molecule has 3 N–H and O–H groups in total. The lowest BCUT2D eigenvalue weighted by Gasteiger charge is -2.17. The molecule has 0 unspecified atom stereocenters. The maximum atomic E-state index is 11.2. The Bertz CT molecular complexity index is 610. The molecule has 0 aromatic heterocycles. The molecule has 0 atom stereocenters. The fourth-order valence-corrected chi connectivity index (χ4v) is 2.20. The number of nitrogens with zero attached hydrogens (tertiary/aromatic N) is 1. The predicted octanol–water partition coefficient (Wildman–Crippen LogP) is 2.32. The zero-order valence-electron chi connectivity index (χ0n) is 17.9. The molecule has 1 aromatic carbocycles. The van der Waals surface area contributed by atoms with Crippen molar-refractivity contribution in [1.82, 2.24) is 10.4 Å². The van der Waals surface area contributed by atoms with Crippen LogP contribution >= 0.6 is 0 Å². The molecule has 0 radical (unpaired) electrons. The second-order valence-electron chi connectivity index (χ2n) is 5.90. The third-order valence-electron chi connectivity index (χ3n) is 3.57. The van der Waals surface area contributed by atoms with E-state index in [-0.39, 0.29) is 0 Å². The van der Waals surface area contributed by atoms with Crippen molar-refractivity contribution in [3.05, 3.63) is 34.9 Å². The Morgan fingerprint density at radius 1 is 1.21 bits per heavy atom. The van der Waals surface area contributed by atoms with Crippen molar-refractivity contribution in [3.63, 3.8) is 0 Å². The molecule has 1 aromatic rings. The summed E-state index contributed by atoms with van der Waals surface area (Å²) in [6.45, 7) is 8.36. The molecule has 162 valence electrons. The number of hydrogen-bond donors (Lipinski definition) is 2. The molecule has 1 amide bonds. The zero-order chi connectivity index (χ0) is 22.3. The fourth-order valence-electron chi connectivity index (χ4n) is 2.20. The lowest BCUT2D eigenvalue weighted by molar-refractivity contribution is -0.113. The van der Waals surface area contributed by atoms with Crippen molar-refractivity contribution in [1.29, 1.82) is 0 Å². The van der Waals surface area contributed by atoms with Gasteiger partial charge >= 0.3 is 0 Å². The lowest BCUT2D eigenvalue weighted by atomic mass is 10.0. The molecule has 0 saturated heterocycles. The van der Waals surface area contributed by atoms with Crippen molar-refractivity contribution in [3.8, 4) is 11.8 Å². The number of carbonyl (C=O) groups excluding carboxylic acids is 3. The Hall–Kier alpha value is -2.53. The van der Waals surface area contributed by atoms with Gasteiger partial charge in [-0.2, -0.15) is 0 Å². The Balaban J connectivity index is 0. The van der Waals surface area contributed by atoms with Gasteiger partial charge in [-0.25, -0.2) is 5.01 Å². The van der Waals surface area contributed by atoms with Crippen LogP contribution in [0.1, 0.15) is 61.0 Å². The minimum atomic E-state index is 0.390. The van der Waals surface area contributed by atoms with Gasteiger partial charge in [0, 0.05) is 37.7 Å². The first-order chi connectivity index (χ1) is 14.1. The van der Waals surface area contributed by atoms with E-state index in [2.05, 4.69) is 31.1 Å². The average molecular weight is 406 g/mol. The first-order valence-corrected chi connectivity index (χ1v) is 9.68. The molecule has 7 nitrogen and oxygen atoms in total. The number of nitrogens with two attached hydrogens (primary N) is 1. The summed E-state index contributed by atoms with van der Waals surface area (Å²) in [5, 5.41) is 1.59. The number of rotatable bonds is 11. The summed E-state index contributed by atoms with van der Waals surface area (Å²) in [5.74, 6) is 6.07. The van der Waals surface area contributed by atoms with Crippen LogP contribution in [0.3, 0.4) is 0 Å². The van der Waals surface area contributed by atoms with E-state index in [9.17, 15) is 9.59 Å². The van der Waals surface area contributed by atoms with E-state index in [1.807, 2.05) is 12.9 Å². The number of ether oxygens (including phenoxy) is 1. The molecular weight excluding hydrogens is 370 g/mol. The summed E-state index contributed by atoms with van der Waals surface area (Å²) in [4.78, 5) is 29.6. The summed E-state index contributed by atoms with van der Waals surface area (Å²) in [5.41, 5.74) is 9.96. The maximum Gasteiger partial charge on any atom is 0.221 e. The van der Waals surface area contributed by atoms with Gasteiger partial charge in [-0.3, -0.25) is 15.0 Å². The second-order valence-corrected chi connectivity index (χ2v) is 5.90. The summed E-state index contributed by atoms with van der Waals surface area (Å²) < 4.78 is 5.25.